The van der Waals surface area contributed by atoms with Crippen molar-refractivity contribution in [1.82, 2.24) is 5.32 Å². The number of hydrogen-bond donors (Lipinski definition) is 3. The van der Waals surface area contributed by atoms with Crippen LogP contribution in [0.5, 0.6) is 0 Å². The Morgan fingerprint density at radius 1 is 0.947 bits per heavy atom. The van der Waals surface area contributed by atoms with Crippen molar-refractivity contribution in [2.24, 2.45) is 0 Å². The summed E-state index contributed by atoms with van der Waals surface area (Å²) in [5.41, 5.74) is 4.00. The summed E-state index contributed by atoms with van der Waals surface area (Å²) in [5.74, 6) is -1.30. The molecule has 3 aromatic rings. The first-order valence-electron chi connectivity index (χ1n) is 11.7. The minimum atomic E-state index is -0.722. The van der Waals surface area contributed by atoms with Gasteiger partial charge in [-0.2, -0.15) is 5.26 Å². The highest BCUT2D eigenvalue weighted by Crippen LogP contribution is 2.43. The van der Waals surface area contributed by atoms with Crippen molar-refractivity contribution in [2.45, 2.75) is 19.8 Å². The number of nitrogens with one attached hydrogen (secondary N) is 3. The minimum Gasteiger partial charge on any atom is -0.353 e. The maximum atomic E-state index is 13.5. The maximum Gasteiger partial charge on any atom is 0.254 e. The summed E-state index contributed by atoms with van der Waals surface area (Å²) in [6.45, 7) is 3.65. The van der Waals surface area contributed by atoms with Crippen LogP contribution >= 0.6 is 35.0 Å². The lowest BCUT2D eigenvalue weighted by Crippen LogP contribution is -2.31. The van der Waals surface area contributed by atoms with Gasteiger partial charge in [-0.1, -0.05) is 77.4 Å². The fourth-order valence-corrected chi connectivity index (χ4v) is 5.39. The number of aryl methyl sites for hydroxylation is 1. The molecule has 3 aromatic carbocycles. The molecule has 0 saturated heterocycles. The van der Waals surface area contributed by atoms with E-state index in [4.69, 9.17) is 23.2 Å². The number of thioether (sulfide) groups is 1. The molecule has 0 spiro atoms. The van der Waals surface area contributed by atoms with Crippen molar-refractivity contribution in [2.75, 3.05) is 16.4 Å². The summed E-state index contributed by atoms with van der Waals surface area (Å²) in [4.78, 5) is 26.2. The summed E-state index contributed by atoms with van der Waals surface area (Å²) in [7, 11) is 0. The van der Waals surface area contributed by atoms with Crippen molar-refractivity contribution in [3.05, 3.63) is 116 Å². The third-order valence-electron chi connectivity index (χ3n) is 5.94. The van der Waals surface area contributed by atoms with Gasteiger partial charge in [0.25, 0.3) is 5.91 Å². The Morgan fingerprint density at radius 2 is 1.66 bits per heavy atom. The zero-order chi connectivity index (χ0) is 27.2. The molecule has 192 valence electrons. The van der Waals surface area contributed by atoms with Crippen molar-refractivity contribution in [3.8, 4) is 6.07 Å². The Morgan fingerprint density at radius 3 is 2.34 bits per heavy atom. The fraction of sp³-hybridized carbons (Fsp3) is 0.138. The number of nitriles is 1. The number of carbonyl (C=O) groups excluding carboxylic acids is 2. The van der Waals surface area contributed by atoms with E-state index in [9.17, 15) is 14.9 Å². The van der Waals surface area contributed by atoms with Gasteiger partial charge in [0, 0.05) is 32.7 Å². The monoisotopic (exact) mass is 562 g/mol. The quantitative estimate of drug-likeness (QED) is 0.288. The summed E-state index contributed by atoms with van der Waals surface area (Å²) in [5, 5.41) is 20.6. The van der Waals surface area contributed by atoms with Gasteiger partial charge < -0.3 is 16.0 Å². The minimum absolute atomic E-state index is 0.0348. The van der Waals surface area contributed by atoms with Crippen LogP contribution in [0.1, 0.15) is 24.0 Å². The first-order valence-corrected chi connectivity index (χ1v) is 13.4. The molecule has 6 nitrogen and oxygen atoms in total. The van der Waals surface area contributed by atoms with Crippen LogP contribution in [0.3, 0.4) is 0 Å². The first-order chi connectivity index (χ1) is 18.3. The van der Waals surface area contributed by atoms with E-state index >= 15 is 0 Å². The second kappa shape index (κ2) is 12.2. The average molecular weight is 564 g/mol. The molecule has 0 radical (unpaired) electrons. The lowest BCUT2D eigenvalue weighted by atomic mass is 9.82. The van der Waals surface area contributed by atoms with Gasteiger partial charge in [-0.05, 0) is 55.3 Å². The van der Waals surface area contributed by atoms with Crippen LogP contribution in [0, 0.1) is 18.3 Å². The van der Waals surface area contributed by atoms with Gasteiger partial charge in [0.2, 0.25) is 5.91 Å². The average Bonchev–Trinajstić information content (AvgIpc) is 2.90. The van der Waals surface area contributed by atoms with Crippen LogP contribution in [0.4, 0.5) is 11.4 Å². The SMILES string of the molecule is CC1=C(C(=O)Nc2ccccc2)C(c2ccccc2Cl)C(C#N)=C(SCC(=O)Nc2ccc(C)c(Cl)c2)N1. The molecule has 38 heavy (non-hydrogen) atoms. The fourth-order valence-electron chi connectivity index (χ4n) is 4.07. The smallest absolute Gasteiger partial charge is 0.254 e. The highest BCUT2D eigenvalue weighted by atomic mass is 35.5. The van der Waals surface area contributed by atoms with Crippen molar-refractivity contribution in [1.29, 1.82) is 5.26 Å². The van der Waals surface area contributed by atoms with Crippen molar-refractivity contribution in [3.63, 3.8) is 0 Å². The van der Waals surface area contributed by atoms with E-state index in [1.54, 1.807) is 49.4 Å². The molecule has 1 aliphatic rings. The molecule has 9 heteroatoms. The van der Waals surface area contributed by atoms with E-state index in [2.05, 4.69) is 22.0 Å². The van der Waals surface area contributed by atoms with Gasteiger partial charge in [0.15, 0.2) is 0 Å². The van der Waals surface area contributed by atoms with Gasteiger partial charge in [-0.15, -0.1) is 0 Å². The Balaban J connectivity index is 1.63. The second-order valence-corrected chi connectivity index (χ2v) is 10.4. The zero-order valence-electron chi connectivity index (χ0n) is 20.6. The van der Waals surface area contributed by atoms with Crippen LogP contribution in [0.25, 0.3) is 0 Å². The van der Waals surface area contributed by atoms with Crippen LogP contribution in [0.15, 0.2) is 94.7 Å². The number of anilines is 2. The molecule has 3 N–H and O–H groups in total. The molecule has 0 aromatic heterocycles. The molecule has 1 aliphatic heterocycles. The lowest BCUT2D eigenvalue weighted by Gasteiger charge is -2.30. The molecule has 0 aliphatic carbocycles. The lowest BCUT2D eigenvalue weighted by molar-refractivity contribution is -0.114. The number of allylic oxidation sites excluding steroid dienone is 2. The highest BCUT2D eigenvalue weighted by molar-refractivity contribution is 8.03. The summed E-state index contributed by atoms with van der Waals surface area (Å²) in [6, 6.07) is 23.8. The molecule has 2 amide bonds. The number of benzene rings is 3. The van der Waals surface area contributed by atoms with Crippen LogP contribution in [0.2, 0.25) is 10.0 Å². The standard InChI is InChI=1S/C29H24Cl2N4O2S/c1-17-12-13-20(14-24(17)31)34-25(36)16-38-29-22(15-32)27(21-10-6-7-11-23(21)30)26(18(2)33-29)28(37)35-19-8-4-3-5-9-19/h3-14,27,33H,16H2,1-2H3,(H,34,36)(H,35,37). The Bertz CT molecular complexity index is 1500. The van der Waals surface area contributed by atoms with Gasteiger partial charge in [-0.3, -0.25) is 9.59 Å². The number of amides is 2. The molecule has 0 fully saturated rings. The van der Waals surface area contributed by atoms with Crippen LogP contribution in [-0.2, 0) is 9.59 Å². The number of rotatable bonds is 7. The van der Waals surface area contributed by atoms with Gasteiger partial charge in [-0.25, -0.2) is 0 Å². The second-order valence-electron chi connectivity index (χ2n) is 8.59. The number of halogens is 2. The number of hydrogen-bond acceptors (Lipinski definition) is 5. The van der Waals surface area contributed by atoms with Crippen LogP contribution in [-0.4, -0.2) is 17.6 Å². The third kappa shape index (κ3) is 6.22. The Kier molecular flexibility index (Phi) is 8.80. The molecule has 1 heterocycles. The predicted molar refractivity (Wildman–Crippen MR) is 155 cm³/mol. The molecular formula is C29H24Cl2N4O2S. The highest BCUT2D eigenvalue weighted by Gasteiger charge is 2.36. The maximum absolute atomic E-state index is 13.5. The first kappa shape index (κ1) is 27.3. The van der Waals surface area contributed by atoms with E-state index in [0.717, 1.165) is 5.56 Å². The summed E-state index contributed by atoms with van der Waals surface area (Å²) < 4.78 is 0. The van der Waals surface area contributed by atoms with Crippen molar-refractivity contribution < 1.29 is 9.59 Å². The normalized spacial score (nSPS) is 15.0. The molecule has 4 rings (SSSR count). The molecule has 0 saturated carbocycles. The predicted octanol–water partition coefficient (Wildman–Crippen LogP) is 7.01. The Labute approximate surface area is 235 Å². The summed E-state index contributed by atoms with van der Waals surface area (Å²) in [6.07, 6.45) is 0. The molecule has 1 unspecified atom stereocenters. The number of dihydropyridines is 1. The number of para-hydroxylation sites is 1. The van der Waals surface area contributed by atoms with Crippen LogP contribution < -0.4 is 16.0 Å². The molecular weight excluding hydrogens is 539 g/mol. The van der Waals surface area contributed by atoms with Gasteiger partial charge >= 0.3 is 0 Å². The van der Waals surface area contributed by atoms with E-state index in [-0.39, 0.29) is 17.6 Å². The topological polar surface area (TPSA) is 94.0 Å². The van der Waals surface area contributed by atoms with E-state index < -0.39 is 5.92 Å². The zero-order valence-corrected chi connectivity index (χ0v) is 23.0. The largest absolute Gasteiger partial charge is 0.353 e. The van der Waals surface area contributed by atoms with E-state index in [1.165, 1.54) is 11.8 Å². The summed E-state index contributed by atoms with van der Waals surface area (Å²) >= 11 is 13.9. The molecule has 0 bridgehead atoms. The van der Waals surface area contributed by atoms with Gasteiger partial charge in [0.1, 0.15) is 0 Å². The number of carbonyl (C=O) groups is 2. The number of nitrogens with zero attached hydrogens (tertiary/aromatic N) is 1. The van der Waals surface area contributed by atoms with E-state index in [1.807, 2.05) is 37.3 Å². The molecule has 1 atom stereocenters. The third-order valence-corrected chi connectivity index (χ3v) is 7.71. The van der Waals surface area contributed by atoms with Crippen molar-refractivity contribution >= 4 is 58.2 Å². The van der Waals surface area contributed by atoms with Gasteiger partial charge in [0.05, 0.1) is 28.3 Å². The van der Waals surface area contributed by atoms with E-state index in [0.29, 0.717) is 48.9 Å². The Hall–Kier alpha value is -3.70.